The zero-order chi connectivity index (χ0) is 28.6. The van der Waals surface area contributed by atoms with Gasteiger partial charge in [0.05, 0.1) is 0 Å². The van der Waals surface area contributed by atoms with E-state index in [1.807, 2.05) is 0 Å². The third-order valence-electron chi connectivity index (χ3n) is 9.92. The fraction of sp³-hybridized carbons (Fsp3) is 0.529. The maximum Gasteiger partial charge on any atom is 0.328 e. The van der Waals surface area contributed by atoms with E-state index in [4.69, 9.17) is 10.2 Å². The lowest BCUT2D eigenvalue weighted by Gasteiger charge is -2.43. The van der Waals surface area contributed by atoms with Crippen molar-refractivity contribution in [2.24, 2.45) is 11.8 Å². The molecule has 0 amide bonds. The Hall–Kier alpha value is -2.96. The molecule has 216 valence electrons. The third kappa shape index (κ3) is 7.02. The minimum atomic E-state index is -1.26. The fourth-order valence-corrected chi connectivity index (χ4v) is 7.93. The first kappa shape index (κ1) is 30.0. The quantitative estimate of drug-likeness (QED) is 0.470. The van der Waals surface area contributed by atoms with Crippen LogP contribution in [0.4, 0.5) is 0 Å². The van der Waals surface area contributed by atoms with Crippen molar-refractivity contribution < 1.29 is 19.8 Å². The monoisotopic (exact) mass is 546 g/mol. The molecule has 0 unspecified atom stereocenters. The van der Waals surface area contributed by atoms with Gasteiger partial charge in [-0.3, -0.25) is 0 Å². The highest BCUT2D eigenvalue weighted by Crippen LogP contribution is 2.51. The molecular weight excluding hydrogens is 500 g/mol. The van der Waals surface area contributed by atoms with E-state index in [0.29, 0.717) is 23.0 Å². The molecule has 2 aromatic rings. The Morgan fingerprint density at radius 2 is 1.05 bits per heavy atom. The number of likely N-dealkylation sites (tertiary alicyclic amines) is 2. The van der Waals surface area contributed by atoms with Crippen LogP contribution < -0.4 is 0 Å². The predicted molar refractivity (Wildman–Crippen MR) is 160 cm³/mol. The minimum absolute atomic E-state index is 0.522. The zero-order valence-electron chi connectivity index (χ0n) is 24.2. The van der Waals surface area contributed by atoms with E-state index in [2.05, 4.69) is 84.6 Å². The summed E-state index contributed by atoms with van der Waals surface area (Å²) >= 11 is 0. The number of piperidine rings is 2. The van der Waals surface area contributed by atoms with Crippen molar-refractivity contribution in [2.75, 3.05) is 40.3 Å². The predicted octanol–water partition coefficient (Wildman–Crippen LogP) is 5.83. The highest BCUT2D eigenvalue weighted by molar-refractivity contribution is 5.89. The lowest BCUT2D eigenvalue weighted by Crippen LogP contribution is -2.45. The van der Waals surface area contributed by atoms with Crippen LogP contribution in [-0.2, 0) is 20.4 Å². The second kappa shape index (κ2) is 13.6. The number of fused-ring (bicyclic) bond motifs is 2. The van der Waals surface area contributed by atoms with Gasteiger partial charge in [0.1, 0.15) is 0 Å². The summed E-state index contributed by atoms with van der Waals surface area (Å²) in [5.41, 5.74) is 4.25. The van der Waals surface area contributed by atoms with E-state index in [0.717, 1.165) is 11.8 Å². The molecule has 2 saturated heterocycles. The molecule has 0 radical (unpaired) electrons. The molecule has 0 aromatic heterocycles. The Morgan fingerprint density at radius 1 is 0.675 bits per heavy atom. The van der Waals surface area contributed by atoms with E-state index < -0.39 is 11.9 Å². The van der Waals surface area contributed by atoms with E-state index in [1.165, 1.54) is 77.5 Å². The summed E-state index contributed by atoms with van der Waals surface area (Å²) in [6, 6.07) is 22.5. The molecule has 2 N–H and O–H groups in total. The number of aliphatic carboxylic acids is 2. The molecular formula is C34H46N2O4. The zero-order valence-corrected chi connectivity index (χ0v) is 24.2. The second-order valence-electron chi connectivity index (χ2n) is 12.3. The Kier molecular flexibility index (Phi) is 10.2. The Balaban J connectivity index is 0.000000148. The van der Waals surface area contributed by atoms with Gasteiger partial charge >= 0.3 is 11.9 Å². The van der Waals surface area contributed by atoms with E-state index in [1.54, 1.807) is 11.1 Å². The van der Waals surface area contributed by atoms with Crippen molar-refractivity contribution in [1.82, 2.24) is 9.80 Å². The number of hydrogen-bond acceptors (Lipinski definition) is 4. The molecule has 6 rings (SSSR count). The van der Waals surface area contributed by atoms with E-state index in [-0.39, 0.29) is 0 Å². The van der Waals surface area contributed by atoms with Crippen molar-refractivity contribution in [2.45, 2.75) is 62.2 Å². The lowest BCUT2D eigenvalue weighted by molar-refractivity contribution is -0.134. The fourth-order valence-electron chi connectivity index (χ4n) is 7.93. The van der Waals surface area contributed by atoms with Gasteiger partial charge in [-0.25, -0.2) is 9.59 Å². The van der Waals surface area contributed by atoms with Crippen LogP contribution in [0.1, 0.15) is 62.5 Å². The average molecular weight is 547 g/mol. The van der Waals surface area contributed by atoms with Crippen molar-refractivity contribution in [1.29, 1.82) is 0 Å². The van der Waals surface area contributed by atoms with Gasteiger partial charge in [-0.1, -0.05) is 73.5 Å². The molecule has 2 heterocycles. The Bertz CT molecular complexity index is 1050. The van der Waals surface area contributed by atoms with E-state index >= 15 is 0 Å². The van der Waals surface area contributed by atoms with Crippen LogP contribution in [0.5, 0.6) is 0 Å². The topological polar surface area (TPSA) is 81.1 Å². The van der Waals surface area contributed by atoms with Crippen LogP contribution in [0.3, 0.4) is 0 Å². The van der Waals surface area contributed by atoms with Crippen LogP contribution in [0.2, 0.25) is 0 Å². The molecule has 6 heteroatoms. The first-order chi connectivity index (χ1) is 19.2. The van der Waals surface area contributed by atoms with Crippen LogP contribution in [-0.4, -0.2) is 72.2 Å². The summed E-state index contributed by atoms with van der Waals surface area (Å²) in [5.74, 6) is -0.720. The van der Waals surface area contributed by atoms with Crippen molar-refractivity contribution in [3.63, 3.8) is 0 Å². The molecule has 2 aromatic carbocycles. The molecule has 4 atom stereocenters. The molecule has 0 bridgehead atoms. The number of benzene rings is 2. The maximum absolute atomic E-state index is 9.55. The average Bonchev–Trinajstić information content (AvgIpc) is 3.59. The summed E-state index contributed by atoms with van der Waals surface area (Å²) < 4.78 is 0. The first-order valence-electron chi connectivity index (χ1n) is 14.9. The summed E-state index contributed by atoms with van der Waals surface area (Å²) in [5, 5.41) is 15.6. The van der Waals surface area contributed by atoms with Gasteiger partial charge < -0.3 is 20.0 Å². The van der Waals surface area contributed by atoms with Gasteiger partial charge in [0.15, 0.2) is 0 Å². The summed E-state index contributed by atoms with van der Waals surface area (Å²) in [4.78, 5) is 24.1. The molecule has 4 aliphatic rings. The van der Waals surface area contributed by atoms with Crippen molar-refractivity contribution >= 4 is 11.9 Å². The number of nitrogens with zero attached hydrogens (tertiary/aromatic N) is 2. The molecule has 0 spiro atoms. The van der Waals surface area contributed by atoms with E-state index in [9.17, 15) is 9.59 Å². The molecule has 2 aliphatic carbocycles. The van der Waals surface area contributed by atoms with Crippen LogP contribution in [0.25, 0.3) is 0 Å². The molecule has 4 fully saturated rings. The second-order valence-corrected chi connectivity index (χ2v) is 12.3. The third-order valence-corrected chi connectivity index (χ3v) is 9.92. The van der Waals surface area contributed by atoms with Gasteiger partial charge in [0.25, 0.3) is 0 Å². The van der Waals surface area contributed by atoms with Gasteiger partial charge in [-0.15, -0.1) is 0 Å². The molecule has 6 nitrogen and oxygen atoms in total. The summed E-state index contributed by atoms with van der Waals surface area (Å²) in [6.45, 7) is 5.14. The molecule has 2 saturated carbocycles. The molecule has 2 aliphatic heterocycles. The van der Waals surface area contributed by atoms with Gasteiger partial charge in [-0.2, -0.15) is 0 Å². The lowest BCUT2D eigenvalue weighted by atomic mass is 9.68. The highest BCUT2D eigenvalue weighted by Gasteiger charge is 2.47. The van der Waals surface area contributed by atoms with Gasteiger partial charge in [0, 0.05) is 36.1 Å². The normalized spacial score (nSPS) is 29.9. The van der Waals surface area contributed by atoms with Gasteiger partial charge in [0.2, 0.25) is 0 Å². The van der Waals surface area contributed by atoms with Crippen LogP contribution in [0.15, 0.2) is 72.8 Å². The standard InChI is InChI=1S/2C15H21N.C4H4O4/c2*1-16-11-10-15(9-5-8-14(15)12-16)13-6-3-2-4-7-13;5-3(6)1-2-4(7)8/h2*2-4,6-7,14H,5,8-12H2,1H3;1-2H,(H,5,6)(H,7,8)/b;;2-1-/t2*14-,15-;/m11./s1. The minimum Gasteiger partial charge on any atom is -0.478 e. The SMILES string of the molecule is CN1CC[C@@]2(c3ccccc3)CCC[C@@H]2C1.CN1CC[C@@]2(c3ccccc3)CCC[C@@H]2C1.O=C(O)/C=C\C(=O)O. The number of carbonyl (C=O) groups is 2. The Morgan fingerprint density at radius 3 is 1.40 bits per heavy atom. The first-order valence-corrected chi connectivity index (χ1v) is 14.9. The van der Waals surface area contributed by atoms with Crippen LogP contribution >= 0.6 is 0 Å². The van der Waals surface area contributed by atoms with Crippen LogP contribution in [0, 0.1) is 11.8 Å². The maximum atomic E-state index is 9.55. The summed E-state index contributed by atoms with van der Waals surface area (Å²) in [6.07, 6.45) is 12.4. The summed E-state index contributed by atoms with van der Waals surface area (Å²) in [7, 11) is 4.54. The number of hydrogen-bond donors (Lipinski definition) is 2. The highest BCUT2D eigenvalue weighted by atomic mass is 16.4. The smallest absolute Gasteiger partial charge is 0.328 e. The number of carboxylic acid groups (broad SMARTS) is 2. The Labute approximate surface area is 239 Å². The number of rotatable bonds is 4. The molecule has 40 heavy (non-hydrogen) atoms. The van der Waals surface area contributed by atoms with Crippen molar-refractivity contribution in [3.8, 4) is 0 Å². The largest absolute Gasteiger partial charge is 0.478 e. The van der Waals surface area contributed by atoms with Crippen molar-refractivity contribution in [3.05, 3.63) is 83.9 Å². The number of carboxylic acids is 2. The van der Waals surface area contributed by atoms with Gasteiger partial charge in [-0.05, 0) is 88.7 Å².